The largest absolute Gasteiger partial charge is 0.371 e. The molecule has 2 rings (SSSR count). The molecule has 4 nitrogen and oxygen atoms in total. The van der Waals surface area contributed by atoms with Crippen LogP contribution in [0.15, 0.2) is 24.3 Å². The average Bonchev–Trinajstić information content (AvgIpc) is 2.39. The highest BCUT2D eigenvalue weighted by molar-refractivity contribution is 5.78. The van der Waals surface area contributed by atoms with E-state index in [2.05, 4.69) is 4.90 Å². The molecule has 1 aromatic carbocycles. The van der Waals surface area contributed by atoms with E-state index in [-0.39, 0.29) is 11.8 Å². The average molecular weight is 232 g/mol. The van der Waals surface area contributed by atoms with Gasteiger partial charge in [-0.1, -0.05) is 0 Å². The summed E-state index contributed by atoms with van der Waals surface area (Å²) in [7, 11) is 0. The third-order valence-corrected chi connectivity index (χ3v) is 3.22. The number of carbonyl (C=O) groups is 2. The van der Waals surface area contributed by atoms with Crippen LogP contribution in [-0.4, -0.2) is 25.3 Å². The molecule has 1 fully saturated rings. The summed E-state index contributed by atoms with van der Waals surface area (Å²) in [6.07, 6.45) is 2.67. The minimum absolute atomic E-state index is 0.0607. The number of aldehydes is 1. The van der Waals surface area contributed by atoms with Gasteiger partial charge in [-0.3, -0.25) is 9.59 Å². The lowest BCUT2D eigenvalue weighted by molar-refractivity contribution is -0.122. The quantitative estimate of drug-likeness (QED) is 0.796. The molecule has 1 aliphatic rings. The smallest absolute Gasteiger partial charge is 0.222 e. The van der Waals surface area contributed by atoms with Gasteiger partial charge in [0.2, 0.25) is 5.91 Å². The van der Waals surface area contributed by atoms with Gasteiger partial charge in [-0.2, -0.15) is 0 Å². The molecule has 1 aromatic rings. The fourth-order valence-corrected chi connectivity index (χ4v) is 2.21. The lowest BCUT2D eigenvalue weighted by Gasteiger charge is -2.33. The molecule has 90 valence electrons. The van der Waals surface area contributed by atoms with Gasteiger partial charge in [-0.15, -0.1) is 0 Å². The summed E-state index contributed by atoms with van der Waals surface area (Å²) in [5, 5.41) is 0. The van der Waals surface area contributed by atoms with E-state index in [0.29, 0.717) is 12.1 Å². The molecule has 0 spiro atoms. The van der Waals surface area contributed by atoms with Crippen LogP contribution in [0.5, 0.6) is 0 Å². The van der Waals surface area contributed by atoms with E-state index in [4.69, 9.17) is 5.73 Å². The Labute approximate surface area is 100 Å². The Morgan fingerprint density at radius 2 is 2.06 bits per heavy atom. The number of primary amides is 1. The van der Waals surface area contributed by atoms with Gasteiger partial charge in [0.25, 0.3) is 0 Å². The topological polar surface area (TPSA) is 63.4 Å². The number of hydrogen-bond acceptors (Lipinski definition) is 3. The van der Waals surface area contributed by atoms with E-state index in [1.165, 1.54) is 0 Å². The molecule has 1 atom stereocenters. The highest BCUT2D eigenvalue weighted by Crippen LogP contribution is 2.23. The molecule has 1 amide bonds. The number of nitrogens with two attached hydrogens (primary N) is 1. The fraction of sp³-hybridized carbons (Fsp3) is 0.385. The van der Waals surface area contributed by atoms with Crippen LogP contribution in [0, 0.1) is 5.92 Å². The van der Waals surface area contributed by atoms with Crippen molar-refractivity contribution in [1.29, 1.82) is 0 Å². The second kappa shape index (κ2) is 4.99. The molecule has 0 radical (unpaired) electrons. The molecule has 2 N–H and O–H groups in total. The van der Waals surface area contributed by atoms with Crippen molar-refractivity contribution in [3.8, 4) is 0 Å². The van der Waals surface area contributed by atoms with Crippen LogP contribution < -0.4 is 10.6 Å². The van der Waals surface area contributed by atoms with Crippen LogP contribution >= 0.6 is 0 Å². The Morgan fingerprint density at radius 1 is 1.35 bits per heavy atom. The molecule has 0 aliphatic carbocycles. The Bertz CT molecular complexity index is 414. The van der Waals surface area contributed by atoms with Crippen molar-refractivity contribution in [1.82, 2.24) is 0 Å². The van der Waals surface area contributed by atoms with E-state index in [1.807, 2.05) is 12.1 Å². The van der Waals surface area contributed by atoms with Crippen LogP contribution in [0.2, 0.25) is 0 Å². The number of amides is 1. The standard InChI is InChI=1S/C13H16N2O2/c14-13(17)11-2-1-7-15(8-11)12-5-3-10(9-16)4-6-12/h3-6,9,11H,1-2,7-8H2,(H2,14,17). The van der Waals surface area contributed by atoms with Crippen molar-refractivity contribution >= 4 is 17.9 Å². The van der Waals surface area contributed by atoms with Gasteiger partial charge < -0.3 is 10.6 Å². The first kappa shape index (κ1) is 11.6. The van der Waals surface area contributed by atoms with Gasteiger partial charge in [-0.25, -0.2) is 0 Å². The maximum Gasteiger partial charge on any atom is 0.222 e. The molecular formula is C13H16N2O2. The first-order chi connectivity index (χ1) is 8.20. The molecular weight excluding hydrogens is 216 g/mol. The SMILES string of the molecule is NC(=O)C1CCCN(c2ccc(C=O)cc2)C1. The Hall–Kier alpha value is -1.84. The molecule has 1 aliphatic heterocycles. The van der Waals surface area contributed by atoms with Crippen molar-refractivity contribution < 1.29 is 9.59 Å². The van der Waals surface area contributed by atoms with E-state index in [0.717, 1.165) is 31.4 Å². The summed E-state index contributed by atoms with van der Waals surface area (Å²) in [6.45, 7) is 1.61. The molecule has 4 heteroatoms. The van der Waals surface area contributed by atoms with Crippen molar-refractivity contribution in [2.75, 3.05) is 18.0 Å². The number of hydrogen-bond donors (Lipinski definition) is 1. The molecule has 1 heterocycles. The second-order valence-corrected chi connectivity index (χ2v) is 4.40. The van der Waals surface area contributed by atoms with Gasteiger partial charge in [0.15, 0.2) is 0 Å². The summed E-state index contributed by atoms with van der Waals surface area (Å²) >= 11 is 0. The predicted octanol–water partition coefficient (Wildman–Crippen LogP) is 1.20. The molecule has 0 saturated carbocycles. The summed E-state index contributed by atoms with van der Waals surface area (Å²) < 4.78 is 0. The maximum atomic E-state index is 11.2. The van der Waals surface area contributed by atoms with Crippen molar-refractivity contribution in [2.45, 2.75) is 12.8 Å². The van der Waals surface area contributed by atoms with Crippen molar-refractivity contribution in [3.05, 3.63) is 29.8 Å². The maximum absolute atomic E-state index is 11.2. The fourth-order valence-electron chi connectivity index (χ4n) is 2.21. The number of carbonyl (C=O) groups excluding carboxylic acids is 2. The van der Waals surface area contributed by atoms with Gasteiger partial charge in [0.1, 0.15) is 6.29 Å². The highest BCUT2D eigenvalue weighted by atomic mass is 16.1. The Morgan fingerprint density at radius 3 is 2.65 bits per heavy atom. The molecule has 1 saturated heterocycles. The number of rotatable bonds is 3. The van der Waals surface area contributed by atoms with E-state index >= 15 is 0 Å². The minimum Gasteiger partial charge on any atom is -0.371 e. The molecule has 17 heavy (non-hydrogen) atoms. The minimum atomic E-state index is -0.223. The number of benzene rings is 1. The van der Waals surface area contributed by atoms with Crippen LogP contribution in [0.1, 0.15) is 23.2 Å². The van der Waals surface area contributed by atoms with Gasteiger partial charge in [0, 0.05) is 24.3 Å². The molecule has 0 bridgehead atoms. The van der Waals surface area contributed by atoms with Crippen LogP contribution in [0.25, 0.3) is 0 Å². The first-order valence-electron chi connectivity index (χ1n) is 5.80. The highest BCUT2D eigenvalue weighted by Gasteiger charge is 2.23. The zero-order chi connectivity index (χ0) is 12.3. The zero-order valence-corrected chi connectivity index (χ0v) is 9.63. The number of nitrogens with zero attached hydrogens (tertiary/aromatic N) is 1. The van der Waals surface area contributed by atoms with Gasteiger partial charge in [0.05, 0.1) is 5.92 Å². The van der Waals surface area contributed by atoms with Crippen molar-refractivity contribution in [2.24, 2.45) is 11.7 Å². The lowest BCUT2D eigenvalue weighted by Crippen LogP contribution is -2.41. The van der Waals surface area contributed by atoms with Crippen LogP contribution in [0.4, 0.5) is 5.69 Å². The van der Waals surface area contributed by atoms with E-state index < -0.39 is 0 Å². The summed E-state index contributed by atoms with van der Waals surface area (Å²) in [4.78, 5) is 23.9. The van der Waals surface area contributed by atoms with Crippen molar-refractivity contribution in [3.63, 3.8) is 0 Å². The summed E-state index contributed by atoms with van der Waals surface area (Å²) in [5.74, 6) is -0.284. The predicted molar refractivity (Wildman–Crippen MR) is 66.0 cm³/mol. The zero-order valence-electron chi connectivity index (χ0n) is 9.63. The number of piperidine rings is 1. The van der Waals surface area contributed by atoms with Crippen LogP contribution in [-0.2, 0) is 4.79 Å². The van der Waals surface area contributed by atoms with E-state index in [9.17, 15) is 9.59 Å². The Balaban J connectivity index is 2.10. The lowest BCUT2D eigenvalue weighted by atomic mass is 9.97. The molecule has 0 aromatic heterocycles. The number of anilines is 1. The van der Waals surface area contributed by atoms with Crippen LogP contribution in [0.3, 0.4) is 0 Å². The van der Waals surface area contributed by atoms with Gasteiger partial charge in [-0.05, 0) is 37.1 Å². The van der Waals surface area contributed by atoms with E-state index in [1.54, 1.807) is 12.1 Å². The monoisotopic (exact) mass is 232 g/mol. The summed E-state index contributed by atoms with van der Waals surface area (Å²) in [5.41, 5.74) is 7.05. The molecule has 1 unspecified atom stereocenters. The Kier molecular flexibility index (Phi) is 3.42. The first-order valence-corrected chi connectivity index (χ1v) is 5.80. The third kappa shape index (κ3) is 2.64. The normalized spacial score (nSPS) is 20.0. The summed E-state index contributed by atoms with van der Waals surface area (Å²) in [6, 6.07) is 7.40. The second-order valence-electron chi connectivity index (χ2n) is 4.40. The van der Waals surface area contributed by atoms with Gasteiger partial charge >= 0.3 is 0 Å². The third-order valence-electron chi connectivity index (χ3n) is 3.22.